The van der Waals surface area contributed by atoms with Gasteiger partial charge in [0.1, 0.15) is 11.6 Å². The first-order chi connectivity index (χ1) is 17.8. The standard InChI is InChI=1S/C25H32N8O3S/c1-16(2)30-21-11-23(27-14-20(21)25(34)28-12-17-5-3-4-6-17)31-22-9-10-26-24(32-22)18-13-29-33(15-18)37(35,36)19-7-8-19/h9-11,13-17,19H,3-8,12H2,1-2H3,(H,28,34)(H2,26,27,30,31,32). The molecule has 0 aromatic carbocycles. The Morgan fingerprint density at radius 2 is 1.89 bits per heavy atom. The number of anilines is 3. The lowest BCUT2D eigenvalue weighted by molar-refractivity contribution is 0.0948. The third-order valence-electron chi connectivity index (χ3n) is 6.56. The molecule has 5 rings (SSSR count). The van der Waals surface area contributed by atoms with Crippen LogP contribution in [0.4, 0.5) is 17.3 Å². The second-order valence-electron chi connectivity index (χ2n) is 10.0. The van der Waals surface area contributed by atoms with Crippen LogP contribution in [0.5, 0.6) is 0 Å². The van der Waals surface area contributed by atoms with E-state index in [1.54, 1.807) is 24.5 Å². The fourth-order valence-corrected chi connectivity index (χ4v) is 5.93. The third-order valence-corrected chi connectivity index (χ3v) is 8.59. The van der Waals surface area contributed by atoms with E-state index < -0.39 is 10.0 Å². The summed E-state index contributed by atoms with van der Waals surface area (Å²) < 4.78 is 25.9. The zero-order chi connectivity index (χ0) is 26.0. The molecule has 0 spiro atoms. The predicted octanol–water partition coefficient (Wildman–Crippen LogP) is 3.56. The van der Waals surface area contributed by atoms with E-state index in [2.05, 4.69) is 36.0 Å². The van der Waals surface area contributed by atoms with Crippen LogP contribution in [0.15, 0.2) is 36.9 Å². The number of hydrogen-bond acceptors (Lipinski definition) is 9. The van der Waals surface area contributed by atoms with Crippen LogP contribution < -0.4 is 16.0 Å². The van der Waals surface area contributed by atoms with E-state index in [-0.39, 0.29) is 17.2 Å². The molecule has 3 heterocycles. The lowest BCUT2D eigenvalue weighted by atomic mass is 10.1. The molecule has 37 heavy (non-hydrogen) atoms. The van der Waals surface area contributed by atoms with Crippen molar-refractivity contribution in [2.45, 2.75) is 63.7 Å². The number of pyridine rings is 1. The lowest BCUT2D eigenvalue weighted by Crippen LogP contribution is -2.29. The molecule has 1 amide bonds. The highest BCUT2D eigenvalue weighted by atomic mass is 32.2. The van der Waals surface area contributed by atoms with Crippen LogP contribution in [0, 0.1) is 5.92 Å². The number of nitrogens with zero attached hydrogens (tertiary/aromatic N) is 5. The van der Waals surface area contributed by atoms with Crippen molar-refractivity contribution in [1.29, 1.82) is 0 Å². The van der Waals surface area contributed by atoms with Crippen molar-refractivity contribution in [2.24, 2.45) is 5.92 Å². The molecule has 12 heteroatoms. The van der Waals surface area contributed by atoms with Crippen LogP contribution >= 0.6 is 0 Å². The van der Waals surface area contributed by atoms with Gasteiger partial charge in [-0.25, -0.2) is 23.4 Å². The summed E-state index contributed by atoms with van der Waals surface area (Å²) in [6, 6.07) is 3.59. The topological polar surface area (TPSA) is 144 Å². The first-order valence-electron chi connectivity index (χ1n) is 12.7. The average Bonchev–Trinajstić information content (AvgIpc) is 3.38. The largest absolute Gasteiger partial charge is 0.382 e. The summed E-state index contributed by atoms with van der Waals surface area (Å²) in [6.45, 7) is 4.70. The summed E-state index contributed by atoms with van der Waals surface area (Å²) in [6.07, 6.45) is 12.1. The van der Waals surface area contributed by atoms with E-state index in [0.717, 1.165) is 16.9 Å². The van der Waals surface area contributed by atoms with Gasteiger partial charge in [0.2, 0.25) is 0 Å². The third kappa shape index (κ3) is 5.90. The Balaban J connectivity index is 1.32. The Labute approximate surface area is 216 Å². The summed E-state index contributed by atoms with van der Waals surface area (Å²) in [5.41, 5.74) is 1.67. The number of carbonyl (C=O) groups excluding carboxylic acids is 1. The number of aromatic nitrogens is 5. The molecule has 2 fully saturated rings. The first-order valence-corrected chi connectivity index (χ1v) is 14.2. The smallest absolute Gasteiger partial charge is 0.256 e. The molecular formula is C25H32N8O3S. The molecule has 2 aliphatic carbocycles. The highest BCUT2D eigenvalue weighted by molar-refractivity contribution is 7.90. The predicted molar refractivity (Wildman–Crippen MR) is 141 cm³/mol. The fraction of sp³-hybridized carbons (Fsp3) is 0.480. The normalized spacial score (nSPS) is 16.2. The van der Waals surface area contributed by atoms with Gasteiger partial charge in [0, 0.05) is 31.0 Å². The van der Waals surface area contributed by atoms with Gasteiger partial charge < -0.3 is 16.0 Å². The molecule has 0 aliphatic heterocycles. The summed E-state index contributed by atoms with van der Waals surface area (Å²) in [5.74, 6) is 1.73. The molecule has 0 radical (unpaired) electrons. The first kappa shape index (κ1) is 25.1. The molecule has 0 bridgehead atoms. The van der Waals surface area contributed by atoms with Crippen molar-refractivity contribution in [3.8, 4) is 11.4 Å². The van der Waals surface area contributed by atoms with Gasteiger partial charge in [0.05, 0.1) is 34.5 Å². The van der Waals surface area contributed by atoms with Crippen LogP contribution in [0.1, 0.15) is 62.7 Å². The molecule has 11 nitrogen and oxygen atoms in total. The number of hydrogen-bond donors (Lipinski definition) is 3. The van der Waals surface area contributed by atoms with Crippen LogP contribution in [0.25, 0.3) is 11.4 Å². The summed E-state index contributed by atoms with van der Waals surface area (Å²) in [5, 5.41) is 13.2. The highest BCUT2D eigenvalue weighted by Crippen LogP contribution is 2.30. The minimum absolute atomic E-state index is 0.116. The molecule has 0 atom stereocenters. The van der Waals surface area contributed by atoms with E-state index in [4.69, 9.17) is 0 Å². The highest BCUT2D eigenvalue weighted by Gasteiger charge is 2.37. The Kier molecular flexibility index (Phi) is 7.09. The minimum Gasteiger partial charge on any atom is -0.382 e. The van der Waals surface area contributed by atoms with E-state index in [1.807, 2.05) is 13.8 Å². The minimum atomic E-state index is -3.46. The Morgan fingerprint density at radius 3 is 2.62 bits per heavy atom. The summed E-state index contributed by atoms with van der Waals surface area (Å²) in [7, 11) is -3.46. The molecule has 2 saturated carbocycles. The average molecular weight is 525 g/mol. The molecule has 2 aliphatic rings. The van der Waals surface area contributed by atoms with Crippen molar-refractivity contribution in [3.63, 3.8) is 0 Å². The number of carbonyl (C=O) groups is 1. The molecular weight excluding hydrogens is 492 g/mol. The van der Waals surface area contributed by atoms with Gasteiger partial charge in [0.15, 0.2) is 5.82 Å². The van der Waals surface area contributed by atoms with Gasteiger partial charge in [-0.2, -0.15) is 9.19 Å². The van der Waals surface area contributed by atoms with E-state index in [1.165, 1.54) is 25.2 Å². The number of nitrogens with one attached hydrogen (secondary N) is 3. The van der Waals surface area contributed by atoms with Crippen LogP contribution in [-0.4, -0.2) is 56.3 Å². The van der Waals surface area contributed by atoms with Crippen LogP contribution in [0.3, 0.4) is 0 Å². The van der Waals surface area contributed by atoms with Gasteiger partial charge in [-0.1, -0.05) is 12.8 Å². The van der Waals surface area contributed by atoms with Gasteiger partial charge in [-0.3, -0.25) is 4.79 Å². The van der Waals surface area contributed by atoms with Gasteiger partial charge in [-0.05, 0) is 51.5 Å². The van der Waals surface area contributed by atoms with Crippen LogP contribution in [0.2, 0.25) is 0 Å². The molecule has 0 unspecified atom stereocenters. The van der Waals surface area contributed by atoms with Gasteiger partial charge >= 0.3 is 0 Å². The van der Waals surface area contributed by atoms with Crippen molar-refractivity contribution in [1.82, 2.24) is 29.5 Å². The monoisotopic (exact) mass is 524 g/mol. The van der Waals surface area contributed by atoms with E-state index in [9.17, 15) is 13.2 Å². The Morgan fingerprint density at radius 1 is 1.11 bits per heavy atom. The van der Waals surface area contributed by atoms with Crippen molar-refractivity contribution in [3.05, 3.63) is 42.5 Å². The molecule has 196 valence electrons. The number of rotatable bonds is 10. The van der Waals surface area contributed by atoms with E-state index >= 15 is 0 Å². The quantitative estimate of drug-likeness (QED) is 0.362. The Hall–Kier alpha value is -3.54. The maximum Gasteiger partial charge on any atom is 0.256 e. The lowest BCUT2D eigenvalue weighted by Gasteiger charge is -2.17. The molecule has 3 aromatic rings. The van der Waals surface area contributed by atoms with Crippen molar-refractivity contribution < 1.29 is 13.2 Å². The van der Waals surface area contributed by atoms with Crippen LogP contribution in [-0.2, 0) is 10.0 Å². The van der Waals surface area contributed by atoms with E-state index in [0.29, 0.717) is 59.6 Å². The zero-order valence-electron chi connectivity index (χ0n) is 21.0. The van der Waals surface area contributed by atoms with Crippen molar-refractivity contribution >= 4 is 33.3 Å². The maximum atomic E-state index is 12.9. The summed E-state index contributed by atoms with van der Waals surface area (Å²) in [4.78, 5) is 26.1. The molecule has 0 saturated heterocycles. The Bertz CT molecular complexity index is 1380. The van der Waals surface area contributed by atoms with Gasteiger partial charge in [-0.15, -0.1) is 0 Å². The second kappa shape index (κ2) is 10.4. The fourth-order valence-electron chi connectivity index (χ4n) is 4.46. The molecule has 3 N–H and O–H groups in total. The summed E-state index contributed by atoms with van der Waals surface area (Å²) >= 11 is 0. The zero-order valence-corrected chi connectivity index (χ0v) is 21.8. The van der Waals surface area contributed by atoms with Gasteiger partial charge in [0.25, 0.3) is 15.9 Å². The molecule has 3 aromatic heterocycles. The van der Waals surface area contributed by atoms with Crippen molar-refractivity contribution in [2.75, 3.05) is 17.2 Å². The SMILES string of the molecule is CC(C)Nc1cc(Nc2ccnc(-c3cnn(S(=O)(=O)C4CC4)c3)n2)ncc1C(=O)NCC1CCCC1. The number of amides is 1. The second-order valence-corrected chi connectivity index (χ2v) is 12.1. The maximum absolute atomic E-state index is 12.9.